The van der Waals surface area contributed by atoms with Crippen LogP contribution in [-0.4, -0.2) is 18.1 Å². The summed E-state index contributed by atoms with van der Waals surface area (Å²) in [6.07, 6.45) is 1.58. The topological polar surface area (TPSA) is 52.3 Å². The summed E-state index contributed by atoms with van der Waals surface area (Å²) in [6, 6.07) is 7.03. The van der Waals surface area contributed by atoms with Crippen molar-refractivity contribution in [2.24, 2.45) is 0 Å². The Labute approximate surface area is 92.9 Å². The molecule has 0 fully saturated rings. The fraction of sp³-hybridized carbons (Fsp3) is 0.167. The Balaban J connectivity index is 2.41. The number of carbonyl (C=O) groups excluding carboxylic acids is 1. The minimum Gasteiger partial charge on any atom is -0.465 e. The molecule has 2 aromatic rings. The van der Waals surface area contributed by atoms with Crippen molar-refractivity contribution < 1.29 is 13.9 Å². The fourth-order valence-corrected chi connectivity index (χ4v) is 1.45. The summed E-state index contributed by atoms with van der Waals surface area (Å²) >= 11 is 0. The lowest BCUT2D eigenvalue weighted by atomic mass is 10.1. The number of pyridine rings is 1. The maximum atomic E-state index is 11.3. The quantitative estimate of drug-likeness (QED) is 0.725. The van der Waals surface area contributed by atoms with Crippen molar-refractivity contribution in [1.82, 2.24) is 4.98 Å². The van der Waals surface area contributed by atoms with Gasteiger partial charge in [0.1, 0.15) is 5.69 Å². The molecule has 2 aromatic heterocycles. The molecule has 2 rings (SSSR count). The number of methoxy groups -OCH3 is 1. The van der Waals surface area contributed by atoms with E-state index in [1.165, 1.54) is 7.11 Å². The number of carbonyl (C=O) groups is 1. The summed E-state index contributed by atoms with van der Waals surface area (Å²) in [5.74, 6) is 0.301. The first kappa shape index (κ1) is 10.4. The highest BCUT2D eigenvalue weighted by Gasteiger charge is 2.11. The van der Waals surface area contributed by atoms with E-state index in [-0.39, 0.29) is 5.97 Å². The standard InChI is InChI=1S/C12H11NO3/c1-8-9(12(14)15-2)5-6-10(13-8)11-4-3-7-16-11/h3-7H,1-2H3. The molecule has 0 saturated heterocycles. The molecule has 0 amide bonds. The Morgan fingerprint density at radius 3 is 2.75 bits per heavy atom. The van der Waals surface area contributed by atoms with Crippen molar-refractivity contribution in [3.63, 3.8) is 0 Å². The molecule has 0 aliphatic rings. The zero-order chi connectivity index (χ0) is 11.5. The lowest BCUT2D eigenvalue weighted by molar-refractivity contribution is 0.0599. The predicted molar refractivity (Wildman–Crippen MR) is 58.0 cm³/mol. The van der Waals surface area contributed by atoms with E-state index in [1.54, 1.807) is 31.4 Å². The van der Waals surface area contributed by atoms with Crippen molar-refractivity contribution in [1.29, 1.82) is 0 Å². The van der Waals surface area contributed by atoms with Crippen LogP contribution in [0, 0.1) is 6.92 Å². The lowest BCUT2D eigenvalue weighted by Gasteiger charge is -2.04. The van der Waals surface area contributed by atoms with Crippen molar-refractivity contribution >= 4 is 5.97 Å². The Morgan fingerprint density at radius 1 is 1.38 bits per heavy atom. The van der Waals surface area contributed by atoms with Crippen LogP contribution in [0.2, 0.25) is 0 Å². The van der Waals surface area contributed by atoms with Crippen LogP contribution in [0.4, 0.5) is 0 Å². The van der Waals surface area contributed by atoms with Crippen LogP contribution < -0.4 is 0 Å². The average Bonchev–Trinajstić information content (AvgIpc) is 2.81. The third-order valence-corrected chi connectivity index (χ3v) is 2.26. The second-order valence-corrected chi connectivity index (χ2v) is 3.30. The summed E-state index contributed by atoms with van der Waals surface area (Å²) in [7, 11) is 1.35. The minimum absolute atomic E-state index is 0.379. The molecule has 0 saturated carbocycles. The highest BCUT2D eigenvalue weighted by molar-refractivity contribution is 5.90. The molecule has 0 spiro atoms. The molecule has 0 aliphatic heterocycles. The molecule has 0 atom stereocenters. The van der Waals surface area contributed by atoms with Gasteiger partial charge in [-0.05, 0) is 31.2 Å². The maximum Gasteiger partial charge on any atom is 0.339 e. The van der Waals surface area contributed by atoms with Gasteiger partial charge in [0.2, 0.25) is 0 Å². The number of aryl methyl sites for hydroxylation is 1. The summed E-state index contributed by atoms with van der Waals surface area (Å²) in [4.78, 5) is 15.6. The second kappa shape index (κ2) is 4.18. The van der Waals surface area contributed by atoms with Gasteiger partial charge >= 0.3 is 5.97 Å². The van der Waals surface area contributed by atoms with Gasteiger partial charge in [0, 0.05) is 0 Å². The maximum absolute atomic E-state index is 11.3. The molecule has 0 N–H and O–H groups in total. The molecule has 82 valence electrons. The summed E-state index contributed by atoms with van der Waals surface area (Å²) < 4.78 is 9.87. The first-order valence-corrected chi connectivity index (χ1v) is 4.82. The number of esters is 1. The molecule has 0 aromatic carbocycles. The summed E-state index contributed by atoms with van der Waals surface area (Å²) in [6.45, 7) is 1.76. The molecule has 16 heavy (non-hydrogen) atoms. The first-order chi connectivity index (χ1) is 7.72. The van der Waals surface area contributed by atoms with Gasteiger partial charge in [-0.3, -0.25) is 0 Å². The van der Waals surface area contributed by atoms with Crippen molar-refractivity contribution in [2.75, 3.05) is 7.11 Å². The number of hydrogen-bond acceptors (Lipinski definition) is 4. The van der Waals surface area contributed by atoms with Crippen LogP contribution in [-0.2, 0) is 4.74 Å². The van der Waals surface area contributed by atoms with E-state index in [1.807, 2.05) is 6.07 Å². The second-order valence-electron chi connectivity index (χ2n) is 3.30. The highest BCUT2D eigenvalue weighted by Crippen LogP contribution is 2.19. The van der Waals surface area contributed by atoms with Crippen molar-refractivity contribution in [3.05, 3.63) is 41.8 Å². The van der Waals surface area contributed by atoms with E-state index in [0.717, 1.165) is 0 Å². The zero-order valence-corrected chi connectivity index (χ0v) is 9.06. The Bertz CT molecular complexity index is 503. The third-order valence-electron chi connectivity index (χ3n) is 2.26. The highest BCUT2D eigenvalue weighted by atomic mass is 16.5. The largest absolute Gasteiger partial charge is 0.465 e. The molecule has 4 heteroatoms. The number of nitrogens with zero attached hydrogens (tertiary/aromatic N) is 1. The summed E-state index contributed by atoms with van der Waals surface area (Å²) in [5.41, 5.74) is 1.80. The van der Waals surface area contributed by atoms with Crippen LogP contribution in [0.3, 0.4) is 0 Å². The fourth-order valence-electron chi connectivity index (χ4n) is 1.45. The van der Waals surface area contributed by atoms with E-state index < -0.39 is 0 Å². The van der Waals surface area contributed by atoms with E-state index >= 15 is 0 Å². The Morgan fingerprint density at radius 2 is 2.19 bits per heavy atom. The predicted octanol–water partition coefficient (Wildman–Crippen LogP) is 2.44. The van der Waals surface area contributed by atoms with Gasteiger partial charge < -0.3 is 9.15 Å². The number of rotatable bonds is 2. The summed E-state index contributed by atoms with van der Waals surface area (Å²) in [5, 5.41) is 0. The third kappa shape index (κ3) is 1.82. The van der Waals surface area contributed by atoms with Crippen molar-refractivity contribution in [2.45, 2.75) is 6.92 Å². The van der Waals surface area contributed by atoms with E-state index in [9.17, 15) is 4.79 Å². The molecule has 0 unspecified atom stereocenters. The van der Waals surface area contributed by atoms with Crippen LogP contribution in [0.1, 0.15) is 16.1 Å². The van der Waals surface area contributed by atoms with Gasteiger partial charge in [-0.2, -0.15) is 0 Å². The molecule has 0 radical (unpaired) electrons. The Hall–Kier alpha value is -2.10. The van der Waals surface area contributed by atoms with Crippen molar-refractivity contribution in [3.8, 4) is 11.5 Å². The lowest BCUT2D eigenvalue weighted by Crippen LogP contribution is -2.05. The average molecular weight is 217 g/mol. The van der Waals surface area contributed by atoms with Crippen LogP contribution in [0.5, 0.6) is 0 Å². The SMILES string of the molecule is COC(=O)c1ccc(-c2ccco2)nc1C. The monoisotopic (exact) mass is 217 g/mol. The van der Waals surface area contributed by atoms with Gasteiger partial charge in [-0.15, -0.1) is 0 Å². The molecule has 0 bridgehead atoms. The molecular formula is C12H11NO3. The van der Waals surface area contributed by atoms with Crippen LogP contribution in [0.15, 0.2) is 34.9 Å². The van der Waals surface area contributed by atoms with Gasteiger partial charge in [0.05, 0.1) is 24.6 Å². The number of hydrogen-bond donors (Lipinski definition) is 0. The Kier molecular flexibility index (Phi) is 2.72. The number of ether oxygens (including phenoxy) is 1. The first-order valence-electron chi connectivity index (χ1n) is 4.82. The van der Waals surface area contributed by atoms with Gasteiger partial charge in [0.15, 0.2) is 5.76 Å². The molecule has 2 heterocycles. The smallest absolute Gasteiger partial charge is 0.339 e. The van der Waals surface area contributed by atoms with Gasteiger partial charge in [-0.25, -0.2) is 9.78 Å². The minimum atomic E-state index is -0.379. The number of aromatic nitrogens is 1. The van der Waals surface area contributed by atoms with Gasteiger partial charge in [-0.1, -0.05) is 0 Å². The normalized spacial score (nSPS) is 10.1. The van der Waals surface area contributed by atoms with Crippen LogP contribution in [0.25, 0.3) is 11.5 Å². The van der Waals surface area contributed by atoms with Gasteiger partial charge in [0.25, 0.3) is 0 Å². The molecule has 0 aliphatic carbocycles. The zero-order valence-electron chi connectivity index (χ0n) is 9.06. The molecular weight excluding hydrogens is 206 g/mol. The van der Waals surface area contributed by atoms with E-state index in [0.29, 0.717) is 22.7 Å². The van der Waals surface area contributed by atoms with Crippen LogP contribution >= 0.6 is 0 Å². The van der Waals surface area contributed by atoms with E-state index in [2.05, 4.69) is 9.72 Å². The molecule has 4 nitrogen and oxygen atoms in total. The number of furan rings is 1. The van der Waals surface area contributed by atoms with E-state index in [4.69, 9.17) is 4.42 Å².